The summed E-state index contributed by atoms with van der Waals surface area (Å²) in [5, 5.41) is 3.04. The molecule has 27 heavy (non-hydrogen) atoms. The number of nitrogens with one attached hydrogen (secondary N) is 1. The molecule has 7 nitrogen and oxygen atoms in total. The molecule has 0 aliphatic carbocycles. The van der Waals surface area contributed by atoms with Gasteiger partial charge in [0, 0.05) is 24.9 Å². The van der Waals surface area contributed by atoms with E-state index < -0.39 is 0 Å². The quantitative estimate of drug-likeness (QED) is 0.818. The number of aryl methyl sites for hydroxylation is 1. The maximum atomic E-state index is 12.5. The Bertz CT molecular complexity index is 730. The molecule has 3 aliphatic heterocycles. The van der Waals surface area contributed by atoms with Gasteiger partial charge in [0.15, 0.2) is 0 Å². The van der Waals surface area contributed by atoms with E-state index in [0.717, 1.165) is 12.8 Å². The van der Waals surface area contributed by atoms with Gasteiger partial charge in [-0.3, -0.25) is 9.59 Å². The van der Waals surface area contributed by atoms with Crippen LogP contribution in [0, 0.1) is 18.8 Å². The summed E-state index contributed by atoms with van der Waals surface area (Å²) in [4.78, 5) is 26.8. The molecule has 4 rings (SSSR count). The standard InChI is InChI=1S/C20H28N2O5/c1-12(2)26-10-18(23)22-9-16-15(17-4-6-20(16,11-22)27-17)8-21-19(24)14-5-7-25-13(14)3/h5,7,12,15-17H,4,6,8-11H2,1-3H3,(H,21,24)/t15-,16+,17+,20+/m0/s1. The SMILES string of the molecule is Cc1occc1C(=O)NC[C@H]1[C@H]2CN(C(=O)COC(C)C)C[C@]23CC[C@H]1O3. The van der Waals surface area contributed by atoms with Crippen molar-refractivity contribution in [1.82, 2.24) is 10.2 Å². The summed E-state index contributed by atoms with van der Waals surface area (Å²) >= 11 is 0. The zero-order chi connectivity index (χ0) is 19.2. The van der Waals surface area contributed by atoms with Gasteiger partial charge < -0.3 is 24.1 Å². The highest BCUT2D eigenvalue weighted by atomic mass is 16.5. The highest BCUT2D eigenvalue weighted by Gasteiger charge is 2.63. The largest absolute Gasteiger partial charge is 0.469 e. The Hall–Kier alpha value is -1.86. The predicted molar refractivity (Wildman–Crippen MR) is 97.3 cm³/mol. The fraction of sp³-hybridized carbons (Fsp3) is 0.700. The fourth-order valence-corrected chi connectivity index (χ4v) is 4.91. The lowest BCUT2D eigenvalue weighted by molar-refractivity contribution is -0.138. The average molecular weight is 376 g/mol. The number of hydrogen-bond donors (Lipinski definition) is 1. The molecule has 0 unspecified atom stereocenters. The van der Waals surface area contributed by atoms with E-state index in [1.807, 2.05) is 18.7 Å². The second-order valence-corrected chi connectivity index (χ2v) is 8.26. The third-order valence-electron chi connectivity index (χ3n) is 6.28. The van der Waals surface area contributed by atoms with Crippen LogP contribution < -0.4 is 5.32 Å². The van der Waals surface area contributed by atoms with Crippen molar-refractivity contribution in [2.75, 3.05) is 26.2 Å². The number of nitrogens with zero attached hydrogens (tertiary/aromatic N) is 1. The molecule has 7 heteroatoms. The highest BCUT2D eigenvalue weighted by molar-refractivity contribution is 5.95. The van der Waals surface area contributed by atoms with Crippen LogP contribution in [0.2, 0.25) is 0 Å². The third kappa shape index (κ3) is 3.27. The van der Waals surface area contributed by atoms with Gasteiger partial charge in [-0.05, 0) is 39.7 Å². The summed E-state index contributed by atoms with van der Waals surface area (Å²) in [6, 6.07) is 1.69. The van der Waals surface area contributed by atoms with E-state index in [1.165, 1.54) is 6.26 Å². The molecule has 4 heterocycles. The molecule has 2 bridgehead atoms. The molecule has 0 radical (unpaired) electrons. The molecule has 148 valence electrons. The van der Waals surface area contributed by atoms with Crippen molar-refractivity contribution in [3.05, 3.63) is 23.7 Å². The molecule has 3 fully saturated rings. The number of likely N-dealkylation sites (tertiary alicyclic amines) is 1. The van der Waals surface area contributed by atoms with Crippen molar-refractivity contribution in [3.63, 3.8) is 0 Å². The first-order valence-corrected chi connectivity index (χ1v) is 9.79. The number of carbonyl (C=O) groups is 2. The zero-order valence-corrected chi connectivity index (χ0v) is 16.2. The number of ether oxygens (including phenoxy) is 2. The molecule has 3 saturated heterocycles. The fourth-order valence-electron chi connectivity index (χ4n) is 4.91. The van der Waals surface area contributed by atoms with Crippen molar-refractivity contribution < 1.29 is 23.5 Å². The Balaban J connectivity index is 1.39. The molecule has 0 saturated carbocycles. The van der Waals surface area contributed by atoms with Gasteiger partial charge in [0.05, 0.1) is 36.2 Å². The maximum Gasteiger partial charge on any atom is 0.254 e. The first-order valence-electron chi connectivity index (χ1n) is 9.79. The van der Waals surface area contributed by atoms with Crippen LogP contribution in [0.25, 0.3) is 0 Å². The monoisotopic (exact) mass is 376 g/mol. The van der Waals surface area contributed by atoms with Crippen LogP contribution in [0.3, 0.4) is 0 Å². The van der Waals surface area contributed by atoms with E-state index >= 15 is 0 Å². The average Bonchev–Trinajstić information content (AvgIpc) is 3.37. The summed E-state index contributed by atoms with van der Waals surface area (Å²) < 4.78 is 17.0. The van der Waals surface area contributed by atoms with Crippen LogP contribution in [0.15, 0.2) is 16.7 Å². The molecular formula is C20H28N2O5. The van der Waals surface area contributed by atoms with Crippen molar-refractivity contribution >= 4 is 11.8 Å². The Labute approximate surface area is 159 Å². The number of furan rings is 1. The number of fused-ring (bicyclic) bond motifs is 1. The Morgan fingerprint density at radius 3 is 2.96 bits per heavy atom. The van der Waals surface area contributed by atoms with Crippen molar-refractivity contribution in [1.29, 1.82) is 0 Å². The van der Waals surface area contributed by atoms with Gasteiger partial charge in [0.25, 0.3) is 5.91 Å². The molecule has 3 aliphatic rings. The van der Waals surface area contributed by atoms with Crippen molar-refractivity contribution in [2.24, 2.45) is 11.8 Å². The highest BCUT2D eigenvalue weighted by Crippen LogP contribution is 2.54. The summed E-state index contributed by atoms with van der Waals surface area (Å²) in [5.74, 6) is 1.03. The van der Waals surface area contributed by atoms with Gasteiger partial charge in [0.2, 0.25) is 5.91 Å². The van der Waals surface area contributed by atoms with E-state index in [0.29, 0.717) is 31.0 Å². The van der Waals surface area contributed by atoms with Gasteiger partial charge >= 0.3 is 0 Å². The van der Waals surface area contributed by atoms with Crippen molar-refractivity contribution in [2.45, 2.75) is 51.4 Å². The number of rotatable bonds is 6. The lowest BCUT2D eigenvalue weighted by Gasteiger charge is -2.29. The van der Waals surface area contributed by atoms with E-state index in [4.69, 9.17) is 13.9 Å². The van der Waals surface area contributed by atoms with Gasteiger partial charge in [0.1, 0.15) is 12.4 Å². The maximum absolute atomic E-state index is 12.5. The second kappa shape index (κ2) is 6.95. The molecule has 1 N–H and O–H groups in total. The topological polar surface area (TPSA) is 81.0 Å². The van der Waals surface area contributed by atoms with Crippen LogP contribution in [-0.2, 0) is 14.3 Å². The van der Waals surface area contributed by atoms with E-state index in [9.17, 15) is 9.59 Å². The first-order chi connectivity index (χ1) is 12.9. The molecule has 0 aromatic carbocycles. The normalized spacial score (nSPS) is 31.6. The van der Waals surface area contributed by atoms with E-state index in [1.54, 1.807) is 13.0 Å². The predicted octanol–water partition coefficient (Wildman–Crippen LogP) is 1.75. The van der Waals surface area contributed by atoms with Crippen molar-refractivity contribution in [3.8, 4) is 0 Å². The molecule has 1 aromatic rings. The minimum Gasteiger partial charge on any atom is -0.469 e. The summed E-state index contributed by atoms with van der Waals surface area (Å²) in [7, 11) is 0. The molecular weight excluding hydrogens is 348 g/mol. The van der Waals surface area contributed by atoms with E-state index in [2.05, 4.69) is 5.32 Å². The summed E-state index contributed by atoms with van der Waals surface area (Å²) in [6.45, 7) is 7.63. The Morgan fingerprint density at radius 1 is 1.44 bits per heavy atom. The third-order valence-corrected chi connectivity index (χ3v) is 6.28. The Morgan fingerprint density at radius 2 is 2.26 bits per heavy atom. The van der Waals surface area contributed by atoms with Gasteiger partial charge in [-0.15, -0.1) is 0 Å². The molecule has 1 spiro atoms. The van der Waals surface area contributed by atoms with Crippen LogP contribution in [0.1, 0.15) is 42.8 Å². The minimum atomic E-state index is -0.237. The molecule has 1 aromatic heterocycles. The van der Waals surface area contributed by atoms with Gasteiger partial charge in [-0.1, -0.05) is 0 Å². The van der Waals surface area contributed by atoms with Crippen LogP contribution in [0.4, 0.5) is 0 Å². The smallest absolute Gasteiger partial charge is 0.254 e. The number of amides is 2. The Kier molecular flexibility index (Phi) is 4.76. The molecule has 4 atom stereocenters. The summed E-state index contributed by atoms with van der Waals surface area (Å²) in [6.07, 6.45) is 3.72. The molecule has 2 amide bonds. The van der Waals surface area contributed by atoms with Gasteiger partial charge in [-0.2, -0.15) is 0 Å². The van der Waals surface area contributed by atoms with Crippen LogP contribution in [0.5, 0.6) is 0 Å². The number of carbonyl (C=O) groups excluding carboxylic acids is 2. The number of hydrogen-bond acceptors (Lipinski definition) is 5. The lowest BCUT2D eigenvalue weighted by atomic mass is 9.73. The van der Waals surface area contributed by atoms with Crippen LogP contribution >= 0.6 is 0 Å². The lowest BCUT2D eigenvalue weighted by Crippen LogP contribution is -2.41. The van der Waals surface area contributed by atoms with E-state index in [-0.39, 0.29) is 48.1 Å². The van der Waals surface area contributed by atoms with Crippen LogP contribution in [-0.4, -0.2) is 60.8 Å². The first kappa shape index (κ1) is 18.5. The summed E-state index contributed by atoms with van der Waals surface area (Å²) in [5.41, 5.74) is 0.335. The van der Waals surface area contributed by atoms with Gasteiger partial charge in [-0.25, -0.2) is 0 Å². The second-order valence-electron chi connectivity index (χ2n) is 8.26. The zero-order valence-electron chi connectivity index (χ0n) is 16.2. The minimum absolute atomic E-state index is 0.0244.